The summed E-state index contributed by atoms with van der Waals surface area (Å²) in [5.41, 5.74) is 0.725. The summed E-state index contributed by atoms with van der Waals surface area (Å²) in [6.07, 6.45) is 0. The molecule has 0 saturated carbocycles. The van der Waals surface area contributed by atoms with Gasteiger partial charge in [-0.05, 0) is 46.3 Å². The maximum atomic E-state index is 11.8. The second kappa shape index (κ2) is 6.98. The molecule has 0 spiro atoms. The van der Waals surface area contributed by atoms with Gasteiger partial charge in [0.1, 0.15) is 0 Å². The van der Waals surface area contributed by atoms with Gasteiger partial charge in [-0.15, -0.1) is 11.8 Å². The highest BCUT2D eigenvalue weighted by atomic mass is 79.9. The van der Waals surface area contributed by atoms with Crippen LogP contribution in [-0.2, 0) is 4.79 Å². The van der Waals surface area contributed by atoms with Crippen molar-refractivity contribution in [2.45, 2.75) is 4.90 Å². The minimum Gasteiger partial charge on any atom is -0.324 e. The van der Waals surface area contributed by atoms with Crippen LogP contribution in [-0.4, -0.2) is 11.7 Å². The highest BCUT2D eigenvalue weighted by molar-refractivity contribution is 9.10. The molecule has 0 aliphatic rings. The third-order valence-electron chi connectivity index (χ3n) is 2.32. The molecule has 2 aromatic carbocycles. The lowest BCUT2D eigenvalue weighted by Crippen LogP contribution is -2.14. The molecule has 0 atom stereocenters. The molecule has 5 heteroatoms. The summed E-state index contributed by atoms with van der Waals surface area (Å²) in [4.78, 5) is 12.9. The van der Waals surface area contributed by atoms with Crippen molar-refractivity contribution in [2.24, 2.45) is 0 Å². The molecule has 0 unspecified atom stereocenters. The number of carbonyl (C=O) groups excluding carboxylic acids is 1. The summed E-state index contributed by atoms with van der Waals surface area (Å²) < 4.78 is 0.776. The van der Waals surface area contributed by atoms with Crippen LogP contribution < -0.4 is 5.32 Å². The molecule has 0 radical (unpaired) electrons. The second-order valence-electron chi connectivity index (χ2n) is 3.77. The smallest absolute Gasteiger partial charge is 0.234 e. The number of halogens is 2. The third-order valence-corrected chi connectivity index (χ3v) is 4.22. The van der Waals surface area contributed by atoms with E-state index in [0.717, 1.165) is 15.1 Å². The van der Waals surface area contributed by atoms with Crippen LogP contribution in [0.3, 0.4) is 0 Å². The zero-order valence-electron chi connectivity index (χ0n) is 9.90. The van der Waals surface area contributed by atoms with Gasteiger partial charge >= 0.3 is 0 Å². The standard InChI is InChI=1S/C14H11BrClNOS/c15-12-8-10(16)6-7-13(12)17-14(18)9-19-11-4-2-1-3-5-11/h1-8H,9H2,(H,17,18). The van der Waals surface area contributed by atoms with Crippen LogP contribution >= 0.6 is 39.3 Å². The van der Waals surface area contributed by atoms with Gasteiger partial charge in [0.05, 0.1) is 11.4 Å². The van der Waals surface area contributed by atoms with E-state index in [0.29, 0.717) is 10.8 Å². The molecule has 0 aliphatic carbocycles. The molecule has 0 aromatic heterocycles. The van der Waals surface area contributed by atoms with Crippen molar-refractivity contribution >= 4 is 50.9 Å². The van der Waals surface area contributed by atoms with E-state index >= 15 is 0 Å². The van der Waals surface area contributed by atoms with Crippen molar-refractivity contribution in [3.63, 3.8) is 0 Å². The van der Waals surface area contributed by atoms with E-state index in [-0.39, 0.29) is 5.91 Å². The van der Waals surface area contributed by atoms with E-state index in [1.165, 1.54) is 11.8 Å². The number of thioether (sulfide) groups is 1. The zero-order chi connectivity index (χ0) is 13.7. The fraction of sp³-hybridized carbons (Fsp3) is 0.0714. The summed E-state index contributed by atoms with van der Waals surface area (Å²) in [7, 11) is 0. The zero-order valence-corrected chi connectivity index (χ0v) is 13.1. The van der Waals surface area contributed by atoms with Gasteiger partial charge in [0.25, 0.3) is 0 Å². The summed E-state index contributed by atoms with van der Waals surface area (Å²) in [6.45, 7) is 0. The Labute approximate surface area is 129 Å². The topological polar surface area (TPSA) is 29.1 Å². The predicted molar refractivity (Wildman–Crippen MR) is 84.9 cm³/mol. The Balaban J connectivity index is 1.91. The first-order chi connectivity index (χ1) is 9.15. The Bertz CT molecular complexity index is 577. The van der Waals surface area contributed by atoms with Crippen LogP contribution in [0.1, 0.15) is 0 Å². The molecular formula is C14H11BrClNOS. The number of nitrogens with one attached hydrogen (secondary N) is 1. The Hall–Kier alpha value is -0.970. The molecule has 2 aromatic rings. The average molecular weight is 357 g/mol. The fourth-order valence-electron chi connectivity index (χ4n) is 1.44. The molecule has 0 bridgehead atoms. The molecule has 0 heterocycles. The van der Waals surface area contributed by atoms with E-state index in [1.807, 2.05) is 30.3 Å². The van der Waals surface area contributed by atoms with Gasteiger partial charge < -0.3 is 5.32 Å². The molecule has 2 nitrogen and oxygen atoms in total. The summed E-state index contributed by atoms with van der Waals surface area (Å²) in [5, 5.41) is 3.47. The van der Waals surface area contributed by atoms with Crippen LogP contribution in [0.2, 0.25) is 5.02 Å². The van der Waals surface area contributed by atoms with Crippen molar-refractivity contribution in [1.29, 1.82) is 0 Å². The largest absolute Gasteiger partial charge is 0.324 e. The molecule has 0 saturated heterocycles. The maximum absolute atomic E-state index is 11.8. The third kappa shape index (κ3) is 4.56. The highest BCUT2D eigenvalue weighted by Gasteiger charge is 2.06. The Morgan fingerprint density at radius 2 is 1.95 bits per heavy atom. The van der Waals surface area contributed by atoms with Gasteiger partial charge in [-0.3, -0.25) is 4.79 Å². The van der Waals surface area contributed by atoms with Gasteiger partial charge in [0.15, 0.2) is 0 Å². The number of anilines is 1. The number of benzene rings is 2. The number of rotatable bonds is 4. The fourth-order valence-corrected chi connectivity index (χ4v) is 2.94. The minimum atomic E-state index is -0.0446. The highest BCUT2D eigenvalue weighted by Crippen LogP contribution is 2.26. The van der Waals surface area contributed by atoms with E-state index < -0.39 is 0 Å². The molecule has 98 valence electrons. The molecule has 0 fully saturated rings. The SMILES string of the molecule is O=C(CSc1ccccc1)Nc1ccc(Cl)cc1Br. The average Bonchev–Trinajstić information content (AvgIpc) is 2.41. The first-order valence-corrected chi connectivity index (χ1v) is 7.73. The molecular weight excluding hydrogens is 346 g/mol. The minimum absolute atomic E-state index is 0.0446. The van der Waals surface area contributed by atoms with Gasteiger partial charge in [-0.1, -0.05) is 29.8 Å². The summed E-state index contributed by atoms with van der Waals surface area (Å²) in [5.74, 6) is 0.330. The maximum Gasteiger partial charge on any atom is 0.234 e. The van der Waals surface area contributed by atoms with Gasteiger partial charge in [0, 0.05) is 14.4 Å². The molecule has 1 amide bonds. The van der Waals surface area contributed by atoms with Gasteiger partial charge in [-0.25, -0.2) is 0 Å². The lowest BCUT2D eigenvalue weighted by Gasteiger charge is -2.07. The normalized spacial score (nSPS) is 10.2. The van der Waals surface area contributed by atoms with Crippen LogP contribution in [0.5, 0.6) is 0 Å². The lowest BCUT2D eigenvalue weighted by atomic mass is 10.3. The Morgan fingerprint density at radius 1 is 1.21 bits per heavy atom. The van der Waals surface area contributed by atoms with Gasteiger partial charge in [0.2, 0.25) is 5.91 Å². The van der Waals surface area contributed by atoms with E-state index in [4.69, 9.17) is 11.6 Å². The first-order valence-electron chi connectivity index (χ1n) is 5.58. The quantitative estimate of drug-likeness (QED) is 0.795. The Kier molecular flexibility index (Phi) is 5.31. The van der Waals surface area contributed by atoms with Crippen molar-refractivity contribution in [2.75, 3.05) is 11.1 Å². The Morgan fingerprint density at radius 3 is 2.63 bits per heavy atom. The summed E-state index contributed by atoms with van der Waals surface area (Å²) >= 11 is 10.7. The summed E-state index contributed by atoms with van der Waals surface area (Å²) in [6, 6.07) is 15.1. The number of amides is 1. The van der Waals surface area contributed by atoms with Gasteiger partial charge in [-0.2, -0.15) is 0 Å². The lowest BCUT2D eigenvalue weighted by molar-refractivity contribution is -0.113. The monoisotopic (exact) mass is 355 g/mol. The molecule has 19 heavy (non-hydrogen) atoms. The van der Waals surface area contributed by atoms with Crippen LogP contribution in [0, 0.1) is 0 Å². The van der Waals surface area contributed by atoms with Crippen molar-refractivity contribution < 1.29 is 4.79 Å². The van der Waals surface area contributed by atoms with E-state index in [2.05, 4.69) is 21.2 Å². The molecule has 1 N–H and O–H groups in total. The molecule has 2 rings (SSSR count). The number of hydrogen-bond acceptors (Lipinski definition) is 2. The number of hydrogen-bond donors (Lipinski definition) is 1. The van der Waals surface area contributed by atoms with E-state index in [1.54, 1.807) is 18.2 Å². The molecule has 0 aliphatic heterocycles. The van der Waals surface area contributed by atoms with Crippen molar-refractivity contribution in [3.05, 3.63) is 58.0 Å². The second-order valence-corrected chi connectivity index (χ2v) is 6.11. The van der Waals surface area contributed by atoms with E-state index in [9.17, 15) is 4.79 Å². The van der Waals surface area contributed by atoms with Crippen LogP contribution in [0.4, 0.5) is 5.69 Å². The van der Waals surface area contributed by atoms with Crippen LogP contribution in [0.15, 0.2) is 57.9 Å². The van der Waals surface area contributed by atoms with Crippen molar-refractivity contribution in [3.8, 4) is 0 Å². The first kappa shape index (κ1) is 14.4. The predicted octanol–water partition coefficient (Wildman–Crippen LogP) is 4.83. The van der Waals surface area contributed by atoms with Crippen molar-refractivity contribution in [1.82, 2.24) is 0 Å². The van der Waals surface area contributed by atoms with Crippen LogP contribution in [0.25, 0.3) is 0 Å². The number of carbonyl (C=O) groups is 1.